The Morgan fingerprint density at radius 1 is 1.47 bits per heavy atom. The van der Waals surface area contributed by atoms with Gasteiger partial charge in [0.15, 0.2) is 0 Å². The first-order chi connectivity index (χ1) is 7.20. The lowest BCUT2D eigenvalue weighted by molar-refractivity contribution is 0.118. The van der Waals surface area contributed by atoms with E-state index in [-0.39, 0.29) is 0 Å². The molecule has 0 amide bonds. The zero-order chi connectivity index (χ0) is 10.7. The number of furan rings is 1. The first kappa shape index (κ1) is 10.7. The summed E-state index contributed by atoms with van der Waals surface area (Å²) < 4.78 is 5.44. The lowest BCUT2D eigenvalue weighted by Gasteiger charge is -2.42. The Balaban J connectivity index is 1.90. The molecule has 0 aliphatic heterocycles. The molecule has 1 aromatic rings. The summed E-state index contributed by atoms with van der Waals surface area (Å²) in [5, 5.41) is 3.56. The van der Waals surface area contributed by atoms with Crippen LogP contribution < -0.4 is 5.32 Å². The molecule has 15 heavy (non-hydrogen) atoms. The second-order valence-electron chi connectivity index (χ2n) is 5.15. The summed E-state index contributed by atoms with van der Waals surface area (Å²) in [4.78, 5) is 0. The average molecular weight is 207 g/mol. The molecule has 0 saturated heterocycles. The molecule has 1 aliphatic carbocycles. The molecule has 0 aromatic carbocycles. The predicted molar refractivity (Wildman–Crippen MR) is 61.8 cm³/mol. The van der Waals surface area contributed by atoms with Gasteiger partial charge in [-0.2, -0.15) is 0 Å². The predicted octanol–water partition coefficient (Wildman–Crippen LogP) is 2.99. The molecule has 84 valence electrons. The van der Waals surface area contributed by atoms with Gasteiger partial charge in [0.25, 0.3) is 0 Å². The van der Waals surface area contributed by atoms with Crippen molar-refractivity contribution in [1.29, 1.82) is 0 Å². The molecule has 2 heteroatoms. The number of rotatable bonds is 5. The van der Waals surface area contributed by atoms with Gasteiger partial charge in [-0.3, -0.25) is 0 Å². The fourth-order valence-corrected chi connectivity index (χ4v) is 2.30. The summed E-state index contributed by atoms with van der Waals surface area (Å²) in [6.45, 7) is 5.55. The molecule has 2 nitrogen and oxygen atoms in total. The summed E-state index contributed by atoms with van der Waals surface area (Å²) >= 11 is 0. The maximum atomic E-state index is 5.44. The zero-order valence-electron chi connectivity index (χ0n) is 9.75. The highest BCUT2D eigenvalue weighted by molar-refractivity contribution is 5.05. The maximum Gasteiger partial charge on any atom is 0.104 e. The van der Waals surface area contributed by atoms with Crippen LogP contribution in [0.2, 0.25) is 0 Å². The molecule has 0 atom stereocenters. The summed E-state index contributed by atoms with van der Waals surface area (Å²) in [6, 6.07) is 4.66. The summed E-state index contributed by atoms with van der Waals surface area (Å²) in [5.74, 6) is 1.14. The lowest BCUT2D eigenvalue weighted by atomic mass is 9.66. The molecule has 0 spiro atoms. The van der Waals surface area contributed by atoms with Crippen LogP contribution in [0, 0.1) is 5.41 Å². The van der Waals surface area contributed by atoms with E-state index in [0.717, 1.165) is 18.7 Å². The van der Waals surface area contributed by atoms with Gasteiger partial charge in [-0.15, -0.1) is 0 Å². The van der Waals surface area contributed by atoms with Crippen molar-refractivity contribution in [3.63, 3.8) is 0 Å². The Morgan fingerprint density at radius 3 is 2.73 bits per heavy atom. The van der Waals surface area contributed by atoms with Crippen molar-refractivity contribution in [2.45, 2.75) is 45.6 Å². The van der Waals surface area contributed by atoms with Gasteiger partial charge in [-0.05, 0) is 30.4 Å². The van der Waals surface area contributed by atoms with Crippen molar-refractivity contribution in [2.75, 3.05) is 6.54 Å². The third-order valence-electron chi connectivity index (χ3n) is 3.43. The third-order valence-corrected chi connectivity index (χ3v) is 3.43. The van der Waals surface area contributed by atoms with Gasteiger partial charge in [0.2, 0.25) is 0 Å². The van der Waals surface area contributed by atoms with Crippen LogP contribution in [0.4, 0.5) is 0 Å². The normalized spacial score (nSPS) is 19.1. The van der Waals surface area contributed by atoms with Crippen molar-refractivity contribution in [3.8, 4) is 0 Å². The molecule has 0 unspecified atom stereocenters. The van der Waals surface area contributed by atoms with Crippen LogP contribution in [0.5, 0.6) is 0 Å². The highest BCUT2D eigenvalue weighted by Crippen LogP contribution is 2.43. The van der Waals surface area contributed by atoms with Gasteiger partial charge in [-0.25, -0.2) is 0 Å². The second-order valence-corrected chi connectivity index (χ2v) is 5.15. The van der Waals surface area contributed by atoms with Crippen LogP contribution >= 0.6 is 0 Å². The first-order valence-corrected chi connectivity index (χ1v) is 5.96. The molecular weight excluding hydrogens is 186 g/mol. The maximum absolute atomic E-state index is 5.44. The van der Waals surface area contributed by atoms with Gasteiger partial charge in [0, 0.05) is 19.0 Å². The number of hydrogen-bond donors (Lipinski definition) is 1. The van der Waals surface area contributed by atoms with Crippen molar-refractivity contribution in [3.05, 3.63) is 24.2 Å². The number of nitrogens with one attached hydrogen (secondary N) is 1. The largest absolute Gasteiger partial charge is 0.469 e. The van der Waals surface area contributed by atoms with E-state index in [0.29, 0.717) is 11.5 Å². The van der Waals surface area contributed by atoms with Crippen LogP contribution in [-0.4, -0.2) is 12.6 Å². The van der Waals surface area contributed by atoms with Crippen LogP contribution in [0.3, 0.4) is 0 Å². The van der Waals surface area contributed by atoms with E-state index in [1.165, 1.54) is 19.3 Å². The molecule has 1 heterocycles. The third kappa shape index (κ3) is 2.63. The van der Waals surface area contributed by atoms with Crippen molar-refractivity contribution >= 4 is 0 Å². The van der Waals surface area contributed by atoms with Gasteiger partial charge in [0.05, 0.1) is 6.26 Å². The minimum Gasteiger partial charge on any atom is -0.469 e. The summed E-state index contributed by atoms with van der Waals surface area (Å²) in [5.41, 5.74) is 0.474. The van der Waals surface area contributed by atoms with Crippen molar-refractivity contribution in [1.82, 2.24) is 5.32 Å². The van der Waals surface area contributed by atoms with E-state index in [2.05, 4.69) is 25.2 Å². The van der Waals surface area contributed by atoms with E-state index in [4.69, 9.17) is 4.42 Å². The Hall–Kier alpha value is -0.760. The average Bonchev–Trinajstić information content (AvgIpc) is 2.61. The van der Waals surface area contributed by atoms with Gasteiger partial charge >= 0.3 is 0 Å². The van der Waals surface area contributed by atoms with Crippen LogP contribution in [0.25, 0.3) is 0 Å². The molecule has 2 rings (SSSR count). The molecule has 0 radical (unpaired) electrons. The number of hydrogen-bond acceptors (Lipinski definition) is 2. The van der Waals surface area contributed by atoms with Crippen LogP contribution in [0.1, 0.15) is 38.9 Å². The minimum atomic E-state index is 0.474. The Morgan fingerprint density at radius 2 is 2.27 bits per heavy atom. The topological polar surface area (TPSA) is 25.2 Å². The lowest BCUT2D eigenvalue weighted by Crippen LogP contribution is -2.43. The SMILES string of the molecule is CC(C)NCC1(Cc2ccco2)CCC1. The van der Waals surface area contributed by atoms with Gasteiger partial charge < -0.3 is 9.73 Å². The second kappa shape index (κ2) is 4.40. The van der Waals surface area contributed by atoms with Crippen molar-refractivity contribution < 1.29 is 4.42 Å². The molecule has 1 N–H and O–H groups in total. The first-order valence-electron chi connectivity index (χ1n) is 5.96. The molecule has 1 aliphatic rings. The molecule has 1 aromatic heterocycles. The molecule has 1 fully saturated rings. The van der Waals surface area contributed by atoms with Crippen LogP contribution in [0.15, 0.2) is 22.8 Å². The van der Waals surface area contributed by atoms with Gasteiger partial charge in [0.1, 0.15) is 5.76 Å². The Labute approximate surface area is 92.1 Å². The van der Waals surface area contributed by atoms with Crippen molar-refractivity contribution in [2.24, 2.45) is 5.41 Å². The standard InChI is InChI=1S/C13H21NO/c1-11(2)14-10-13(6-4-7-13)9-12-5-3-8-15-12/h3,5,8,11,14H,4,6-7,9-10H2,1-2H3. The Kier molecular flexibility index (Phi) is 3.15. The Bertz CT molecular complexity index is 285. The quantitative estimate of drug-likeness (QED) is 0.803. The molecule has 1 saturated carbocycles. The van der Waals surface area contributed by atoms with E-state index < -0.39 is 0 Å². The summed E-state index contributed by atoms with van der Waals surface area (Å²) in [7, 11) is 0. The zero-order valence-corrected chi connectivity index (χ0v) is 9.75. The highest BCUT2D eigenvalue weighted by atomic mass is 16.3. The smallest absolute Gasteiger partial charge is 0.104 e. The monoisotopic (exact) mass is 207 g/mol. The minimum absolute atomic E-state index is 0.474. The fourth-order valence-electron chi connectivity index (χ4n) is 2.30. The molecule has 0 bridgehead atoms. The van der Waals surface area contributed by atoms with Gasteiger partial charge in [-0.1, -0.05) is 20.3 Å². The summed E-state index contributed by atoms with van der Waals surface area (Å²) in [6.07, 6.45) is 6.93. The highest BCUT2D eigenvalue weighted by Gasteiger charge is 2.37. The van der Waals surface area contributed by atoms with E-state index in [1.54, 1.807) is 6.26 Å². The van der Waals surface area contributed by atoms with E-state index >= 15 is 0 Å². The van der Waals surface area contributed by atoms with E-state index in [1.807, 2.05) is 6.07 Å². The fraction of sp³-hybridized carbons (Fsp3) is 0.692. The van der Waals surface area contributed by atoms with E-state index in [9.17, 15) is 0 Å². The molecular formula is C13H21NO. The van der Waals surface area contributed by atoms with Crippen LogP contribution in [-0.2, 0) is 6.42 Å².